The number of nitrogens with zero attached hydrogens (tertiary/aromatic N) is 1. The zero-order valence-electron chi connectivity index (χ0n) is 16.8. The van der Waals surface area contributed by atoms with Crippen molar-refractivity contribution in [1.82, 2.24) is 0 Å². The second-order valence-corrected chi connectivity index (χ2v) is 7.59. The molecule has 0 aliphatic carbocycles. The Hall–Kier alpha value is -3.35. The summed E-state index contributed by atoms with van der Waals surface area (Å²) in [4.78, 5) is 16.5. The van der Waals surface area contributed by atoms with Crippen LogP contribution in [0, 0.1) is 5.82 Å². The van der Waals surface area contributed by atoms with Crippen LogP contribution in [-0.4, -0.2) is 19.0 Å². The molecular weight excluding hydrogens is 456 g/mol. The lowest BCUT2D eigenvalue weighted by Crippen LogP contribution is -2.05. The Balaban J connectivity index is 1.56. The Morgan fingerprint density at radius 1 is 1.06 bits per heavy atom. The summed E-state index contributed by atoms with van der Waals surface area (Å²) in [5.74, 6) is 0.00245. The third-order valence-corrected chi connectivity index (χ3v) is 5.16. The molecule has 3 aromatic rings. The summed E-state index contributed by atoms with van der Waals surface area (Å²) in [6.45, 7) is 0.0469. The van der Waals surface area contributed by atoms with Crippen LogP contribution in [0.1, 0.15) is 16.7 Å². The number of rotatable bonds is 6. The summed E-state index contributed by atoms with van der Waals surface area (Å²) in [5, 5.41) is 0.784. The molecular formula is C24H16Cl2FNO4. The lowest BCUT2D eigenvalue weighted by atomic mass is 10.1. The van der Waals surface area contributed by atoms with Gasteiger partial charge in [-0.05, 0) is 48.0 Å². The first-order valence-electron chi connectivity index (χ1n) is 9.47. The molecule has 0 fully saturated rings. The quantitative estimate of drug-likeness (QED) is 0.323. The van der Waals surface area contributed by atoms with Gasteiger partial charge >= 0.3 is 5.97 Å². The van der Waals surface area contributed by atoms with Gasteiger partial charge in [-0.1, -0.05) is 47.5 Å². The fourth-order valence-corrected chi connectivity index (χ4v) is 3.50. The molecule has 0 N–H and O–H groups in total. The van der Waals surface area contributed by atoms with E-state index in [0.29, 0.717) is 38.2 Å². The van der Waals surface area contributed by atoms with Gasteiger partial charge in [0.05, 0.1) is 17.7 Å². The monoisotopic (exact) mass is 471 g/mol. The van der Waals surface area contributed by atoms with Crippen molar-refractivity contribution in [3.05, 3.63) is 98.9 Å². The van der Waals surface area contributed by atoms with Crippen LogP contribution in [0.2, 0.25) is 10.0 Å². The van der Waals surface area contributed by atoms with Crippen LogP contribution in [-0.2, 0) is 16.1 Å². The van der Waals surface area contributed by atoms with E-state index in [0.717, 1.165) is 0 Å². The average molecular weight is 472 g/mol. The highest BCUT2D eigenvalue weighted by Gasteiger charge is 2.25. The fraction of sp³-hybridized carbons (Fsp3) is 0.0833. The maximum absolute atomic E-state index is 13.8. The molecule has 0 aromatic heterocycles. The first kappa shape index (κ1) is 21.9. The topological polar surface area (TPSA) is 57.1 Å². The third kappa shape index (κ3) is 4.77. The van der Waals surface area contributed by atoms with Crippen LogP contribution >= 0.6 is 23.2 Å². The molecule has 0 atom stereocenters. The van der Waals surface area contributed by atoms with E-state index in [2.05, 4.69) is 4.99 Å². The van der Waals surface area contributed by atoms with Crippen LogP contribution in [0.4, 0.5) is 4.39 Å². The Labute approximate surface area is 193 Å². The Kier molecular flexibility index (Phi) is 6.44. The molecule has 0 radical (unpaired) electrons. The maximum atomic E-state index is 13.8. The third-order valence-electron chi connectivity index (χ3n) is 4.61. The number of hydrogen-bond donors (Lipinski definition) is 0. The highest BCUT2D eigenvalue weighted by atomic mass is 35.5. The van der Waals surface area contributed by atoms with Gasteiger partial charge in [0.2, 0.25) is 5.90 Å². The van der Waals surface area contributed by atoms with Gasteiger partial charge in [0.25, 0.3) is 0 Å². The van der Waals surface area contributed by atoms with E-state index < -0.39 is 5.97 Å². The molecule has 0 amide bonds. The molecule has 1 aliphatic rings. The molecule has 8 heteroatoms. The first-order chi connectivity index (χ1) is 15.4. The molecule has 32 heavy (non-hydrogen) atoms. The summed E-state index contributed by atoms with van der Waals surface area (Å²) in [5.41, 5.74) is 1.63. The molecule has 162 valence electrons. The minimum Gasteiger partial charge on any atom is -0.493 e. The van der Waals surface area contributed by atoms with Gasteiger partial charge in [-0.25, -0.2) is 14.2 Å². The smallest absolute Gasteiger partial charge is 0.363 e. The summed E-state index contributed by atoms with van der Waals surface area (Å²) < 4.78 is 30.2. The number of carbonyl (C=O) groups excluding carboxylic acids is 1. The van der Waals surface area contributed by atoms with E-state index in [1.807, 2.05) is 0 Å². The summed E-state index contributed by atoms with van der Waals surface area (Å²) in [6, 6.07) is 16.3. The molecule has 0 unspecified atom stereocenters. The number of benzene rings is 3. The average Bonchev–Trinajstić information content (AvgIpc) is 3.13. The van der Waals surface area contributed by atoms with Crippen molar-refractivity contribution in [2.45, 2.75) is 6.61 Å². The van der Waals surface area contributed by atoms with Gasteiger partial charge in [0, 0.05) is 10.6 Å². The molecule has 5 nitrogen and oxygen atoms in total. The number of methoxy groups -OCH3 is 1. The van der Waals surface area contributed by atoms with Crippen molar-refractivity contribution in [3.8, 4) is 11.5 Å². The van der Waals surface area contributed by atoms with E-state index in [9.17, 15) is 9.18 Å². The summed E-state index contributed by atoms with van der Waals surface area (Å²) in [7, 11) is 1.49. The molecule has 4 rings (SSSR count). The molecule has 1 heterocycles. The Morgan fingerprint density at radius 3 is 2.62 bits per heavy atom. The van der Waals surface area contributed by atoms with Crippen molar-refractivity contribution < 1.29 is 23.4 Å². The number of cyclic esters (lactones) is 1. The van der Waals surface area contributed by atoms with Crippen molar-refractivity contribution in [1.29, 1.82) is 0 Å². The largest absolute Gasteiger partial charge is 0.493 e. The van der Waals surface area contributed by atoms with Crippen molar-refractivity contribution in [3.63, 3.8) is 0 Å². The van der Waals surface area contributed by atoms with E-state index in [-0.39, 0.29) is 24.0 Å². The van der Waals surface area contributed by atoms with E-state index in [1.54, 1.807) is 60.7 Å². The van der Waals surface area contributed by atoms with Gasteiger partial charge in [0.15, 0.2) is 17.2 Å². The second-order valence-electron chi connectivity index (χ2n) is 6.75. The predicted octanol–water partition coefficient (Wildman–Crippen LogP) is 6.06. The van der Waals surface area contributed by atoms with Crippen LogP contribution < -0.4 is 9.47 Å². The number of halogens is 3. The summed E-state index contributed by atoms with van der Waals surface area (Å²) in [6.07, 6.45) is 1.56. The fourth-order valence-electron chi connectivity index (χ4n) is 3.01. The minimum absolute atomic E-state index is 0.0469. The van der Waals surface area contributed by atoms with Gasteiger partial charge in [-0.15, -0.1) is 0 Å². The van der Waals surface area contributed by atoms with Crippen LogP contribution in [0.5, 0.6) is 11.5 Å². The molecule has 0 saturated heterocycles. The number of ether oxygens (including phenoxy) is 3. The lowest BCUT2D eigenvalue weighted by molar-refractivity contribution is -0.129. The number of carbonyl (C=O) groups is 1. The molecule has 0 bridgehead atoms. The normalized spacial score (nSPS) is 14.3. The van der Waals surface area contributed by atoms with E-state index >= 15 is 0 Å². The molecule has 3 aromatic carbocycles. The Bertz CT molecular complexity index is 1260. The number of hydrogen-bond acceptors (Lipinski definition) is 5. The highest BCUT2D eigenvalue weighted by Crippen LogP contribution is 2.31. The minimum atomic E-state index is -0.607. The van der Waals surface area contributed by atoms with Gasteiger partial charge < -0.3 is 14.2 Å². The van der Waals surface area contributed by atoms with Gasteiger partial charge in [-0.3, -0.25) is 0 Å². The molecule has 1 aliphatic heterocycles. The van der Waals surface area contributed by atoms with Crippen LogP contribution in [0.3, 0.4) is 0 Å². The standard InChI is InChI=1S/C24H16Cl2FNO4/c1-30-22-11-14(6-9-21(22)31-13-15-4-2-3-5-19(15)27)10-20-24(29)32-23(28-20)17-8-7-16(25)12-18(17)26/h2-12H,13H2,1H3/b20-10-. The van der Waals surface area contributed by atoms with Crippen molar-refractivity contribution >= 4 is 41.1 Å². The zero-order valence-corrected chi connectivity index (χ0v) is 18.3. The van der Waals surface area contributed by atoms with Crippen LogP contribution in [0.15, 0.2) is 71.4 Å². The van der Waals surface area contributed by atoms with Gasteiger partial charge in [0.1, 0.15) is 12.4 Å². The number of aliphatic imine (C=N–C) groups is 1. The van der Waals surface area contributed by atoms with Crippen molar-refractivity contribution in [2.24, 2.45) is 4.99 Å². The van der Waals surface area contributed by atoms with E-state index in [4.69, 9.17) is 37.4 Å². The predicted molar refractivity (Wildman–Crippen MR) is 121 cm³/mol. The SMILES string of the molecule is COc1cc(/C=C2\N=C(c3ccc(Cl)cc3Cl)OC2=O)ccc1OCc1ccccc1F. The van der Waals surface area contributed by atoms with Gasteiger partial charge in [-0.2, -0.15) is 0 Å². The second kappa shape index (κ2) is 9.42. The highest BCUT2D eigenvalue weighted by molar-refractivity contribution is 6.37. The first-order valence-corrected chi connectivity index (χ1v) is 10.2. The number of esters is 1. The lowest BCUT2D eigenvalue weighted by Gasteiger charge is -2.12. The van der Waals surface area contributed by atoms with Crippen LogP contribution in [0.25, 0.3) is 6.08 Å². The van der Waals surface area contributed by atoms with E-state index in [1.165, 1.54) is 13.2 Å². The summed E-state index contributed by atoms with van der Waals surface area (Å²) >= 11 is 12.1. The molecule has 0 saturated carbocycles. The maximum Gasteiger partial charge on any atom is 0.363 e. The van der Waals surface area contributed by atoms with Crippen molar-refractivity contribution in [2.75, 3.05) is 7.11 Å². The molecule has 0 spiro atoms. The zero-order chi connectivity index (χ0) is 22.7. The Morgan fingerprint density at radius 2 is 1.88 bits per heavy atom.